The summed E-state index contributed by atoms with van der Waals surface area (Å²) in [5.41, 5.74) is 1.45. The molecule has 1 N–H and O–H groups in total. The van der Waals surface area contributed by atoms with E-state index in [1.807, 2.05) is 25.5 Å². The van der Waals surface area contributed by atoms with Gasteiger partial charge >= 0.3 is 0 Å². The number of thiophene rings is 1. The topological polar surface area (TPSA) is 21.3 Å². The van der Waals surface area contributed by atoms with Crippen LogP contribution in [0.4, 0.5) is 0 Å². The second-order valence-corrected chi connectivity index (χ2v) is 5.40. The van der Waals surface area contributed by atoms with Crippen molar-refractivity contribution in [3.63, 3.8) is 0 Å². The molecule has 0 radical (unpaired) electrons. The lowest BCUT2D eigenvalue weighted by Gasteiger charge is -2.46. The maximum Gasteiger partial charge on any atom is 0.0872 e. The maximum atomic E-state index is 5.75. The standard InChI is InChI=1S/C12H19NOS/c1-9-10(5-8-15-9)11(13-2)12(14-3)6-4-7-12/h5,8,11,13H,4,6-7H2,1-3H3. The van der Waals surface area contributed by atoms with E-state index in [1.165, 1.54) is 29.7 Å². The summed E-state index contributed by atoms with van der Waals surface area (Å²) in [5, 5.41) is 5.58. The molecule has 0 spiro atoms. The Hall–Kier alpha value is -0.380. The van der Waals surface area contributed by atoms with Gasteiger partial charge in [-0.25, -0.2) is 0 Å². The second-order valence-electron chi connectivity index (χ2n) is 4.28. The molecule has 1 heterocycles. The fourth-order valence-electron chi connectivity index (χ4n) is 2.53. The van der Waals surface area contributed by atoms with Gasteiger partial charge in [-0.2, -0.15) is 0 Å². The molecule has 1 aromatic rings. The average molecular weight is 225 g/mol. The minimum absolute atomic E-state index is 0.0422. The Bertz CT molecular complexity index is 325. The highest BCUT2D eigenvalue weighted by molar-refractivity contribution is 7.10. The van der Waals surface area contributed by atoms with Gasteiger partial charge < -0.3 is 10.1 Å². The number of ether oxygens (including phenoxy) is 1. The zero-order valence-electron chi connectivity index (χ0n) is 9.67. The van der Waals surface area contributed by atoms with E-state index >= 15 is 0 Å². The van der Waals surface area contributed by atoms with Crippen LogP contribution in [0.5, 0.6) is 0 Å². The number of nitrogens with one attached hydrogen (secondary N) is 1. The Balaban J connectivity index is 2.27. The van der Waals surface area contributed by atoms with Crippen LogP contribution < -0.4 is 5.32 Å². The van der Waals surface area contributed by atoms with Gasteiger partial charge in [0, 0.05) is 12.0 Å². The zero-order valence-corrected chi connectivity index (χ0v) is 10.5. The molecule has 2 nitrogen and oxygen atoms in total. The van der Waals surface area contributed by atoms with Crippen LogP contribution in [0.1, 0.15) is 35.7 Å². The third-order valence-electron chi connectivity index (χ3n) is 3.63. The molecule has 1 aliphatic rings. The molecule has 15 heavy (non-hydrogen) atoms. The van der Waals surface area contributed by atoms with Crippen molar-refractivity contribution in [3.8, 4) is 0 Å². The van der Waals surface area contributed by atoms with Gasteiger partial charge in [0.1, 0.15) is 0 Å². The molecule has 2 rings (SSSR count). The van der Waals surface area contributed by atoms with Gasteiger partial charge in [0.2, 0.25) is 0 Å². The molecule has 1 unspecified atom stereocenters. The average Bonchev–Trinajstić information content (AvgIpc) is 2.58. The van der Waals surface area contributed by atoms with E-state index in [0.717, 1.165) is 0 Å². The number of methoxy groups -OCH3 is 1. The highest BCUT2D eigenvalue weighted by atomic mass is 32.1. The minimum Gasteiger partial charge on any atom is -0.376 e. The van der Waals surface area contributed by atoms with Crippen LogP contribution in [0.25, 0.3) is 0 Å². The molecule has 1 fully saturated rings. The lowest BCUT2D eigenvalue weighted by molar-refractivity contribution is -0.0983. The highest BCUT2D eigenvalue weighted by Gasteiger charge is 2.45. The number of likely N-dealkylation sites (N-methyl/N-ethyl adjacent to an activating group) is 1. The lowest BCUT2D eigenvalue weighted by atomic mass is 9.72. The predicted octanol–water partition coefficient (Wildman–Crippen LogP) is 2.89. The van der Waals surface area contributed by atoms with Gasteiger partial charge in [-0.1, -0.05) is 0 Å². The van der Waals surface area contributed by atoms with Crippen LogP contribution in [-0.4, -0.2) is 19.8 Å². The number of hydrogen-bond acceptors (Lipinski definition) is 3. The molecular weight excluding hydrogens is 206 g/mol. The Labute approximate surface area is 95.6 Å². The Morgan fingerprint density at radius 2 is 2.27 bits per heavy atom. The van der Waals surface area contributed by atoms with Crippen molar-refractivity contribution >= 4 is 11.3 Å². The molecule has 0 aliphatic heterocycles. The number of hydrogen-bond donors (Lipinski definition) is 1. The first kappa shape index (κ1) is 11.1. The van der Waals surface area contributed by atoms with E-state index in [9.17, 15) is 0 Å². The quantitative estimate of drug-likeness (QED) is 0.850. The van der Waals surface area contributed by atoms with Crippen molar-refractivity contribution in [2.24, 2.45) is 0 Å². The summed E-state index contributed by atoms with van der Waals surface area (Å²) < 4.78 is 5.75. The Morgan fingerprint density at radius 1 is 1.53 bits per heavy atom. The van der Waals surface area contributed by atoms with Crippen LogP contribution >= 0.6 is 11.3 Å². The third-order valence-corrected chi connectivity index (χ3v) is 4.49. The van der Waals surface area contributed by atoms with Gasteiger partial charge in [0.05, 0.1) is 11.6 Å². The monoisotopic (exact) mass is 225 g/mol. The molecule has 0 aromatic carbocycles. The van der Waals surface area contributed by atoms with Crippen molar-refractivity contribution in [1.82, 2.24) is 5.32 Å². The molecule has 84 valence electrons. The number of aryl methyl sites for hydroxylation is 1. The summed E-state index contributed by atoms with van der Waals surface area (Å²) in [4.78, 5) is 1.40. The van der Waals surface area contributed by atoms with Gasteiger partial charge in [-0.3, -0.25) is 0 Å². The summed E-state index contributed by atoms with van der Waals surface area (Å²) in [6.45, 7) is 2.19. The smallest absolute Gasteiger partial charge is 0.0872 e. The van der Waals surface area contributed by atoms with Crippen molar-refractivity contribution < 1.29 is 4.74 Å². The van der Waals surface area contributed by atoms with E-state index < -0.39 is 0 Å². The molecule has 1 aliphatic carbocycles. The summed E-state index contributed by atoms with van der Waals surface area (Å²) in [6, 6.07) is 2.57. The second kappa shape index (κ2) is 4.24. The summed E-state index contributed by atoms with van der Waals surface area (Å²) in [6.07, 6.45) is 3.63. The van der Waals surface area contributed by atoms with Crippen LogP contribution in [0.15, 0.2) is 11.4 Å². The van der Waals surface area contributed by atoms with Crippen LogP contribution in [-0.2, 0) is 4.74 Å². The molecule has 1 aromatic heterocycles. The zero-order chi connectivity index (χ0) is 10.9. The Morgan fingerprint density at radius 3 is 2.60 bits per heavy atom. The first-order valence-electron chi connectivity index (χ1n) is 5.50. The SMILES string of the molecule is CNC(c1ccsc1C)C1(OC)CCC1. The van der Waals surface area contributed by atoms with Crippen molar-refractivity contribution in [2.45, 2.75) is 37.8 Å². The van der Waals surface area contributed by atoms with E-state index in [4.69, 9.17) is 4.74 Å². The molecule has 0 bridgehead atoms. The Kier molecular flexibility index (Phi) is 3.14. The van der Waals surface area contributed by atoms with Crippen molar-refractivity contribution in [1.29, 1.82) is 0 Å². The maximum absolute atomic E-state index is 5.75. The molecule has 0 amide bonds. The van der Waals surface area contributed by atoms with Gasteiger partial charge in [0.25, 0.3) is 0 Å². The third kappa shape index (κ3) is 1.73. The summed E-state index contributed by atoms with van der Waals surface area (Å²) >= 11 is 1.81. The van der Waals surface area contributed by atoms with Gasteiger partial charge in [-0.05, 0) is 50.2 Å². The normalized spacial score (nSPS) is 21.0. The molecule has 3 heteroatoms. The molecule has 1 atom stereocenters. The summed E-state index contributed by atoms with van der Waals surface area (Å²) in [5.74, 6) is 0. The van der Waals surface area contributed by atoms with Crippen LogP contribution in [0.3, 0.4) is 0 Å². The van der Waals surface area contributed by atoms with Gasteiger partial charge in [0.15, 0.2) is 0 Å². The van der Waals surface area contributed by atoms with E-state index in [-0.39, 0.29) is 5.60 Å². The van der Waals surface area contributed by atoms with Gasteiger partial charge in [-0.15, -0.1) is 11.3 Å². The van der Waals surface area contributed by atoms with E-state index in [0.29, 0.717) is 6.04 Å². The van der Waals surface area contributed by atoms with Crippen LogP contribution in [0, 0.1) is 6.92 Å². The number of rotatable bonds is 4. The molecule has 1 saturated carbocycles. The highest BCUT2D eigenvalue weighted by Crippen LogP contribution is 2.45. The summed E-state index contributed by atoms with van der Waals surface area (Å²) in [7, 11) is 3.87. The minimum atomic E-state index is 0.0422. The van der Waals surface area contributed by atoms with Crippen molar-refractivity contribution in [3.05, 3.63) is 21.9 Å². The van der Waals surface area contributed by atoms with E-state index in [1.54, 1.807) is 0 Å². The van der Waals surface area contributed by atoms with E-state index in [2.05, 4.69) is 23.7 Å². The van der Waals surface area contributed by atoms with Crippen LogP contribution in [0.2, 0.25) is 0 Å². The molecular formula is C12H19NOS. The fraction of sp³-hybridized carbons (Fsp3) is 0.667. The largest absolute Gasteiger partial charge is 0.376 e. The predicted molar refractivity (Wildman–Crippen MR) is 64.4 cm³/mol. The molecule has 0 saturated heterocycles. The lowest BCUT2D eigenvalue weighted by Crippen LogP contribution is -2.49. The van der Waals surface area contributed by atoms with Crippen molar-refractivity contribution in [2.75, 3.05) is 14.2 Å². The first-order chi connectivity index (χ1) is 7.23. The first-order valence-corrected chi connectivity index (χ1v) is 6.38. The fourth-order valence-corrected chi connectivity index (χ4v) is 3.27.